The minimum atomic E-state index is -2.69. The van der Waals surface area contributed by atoms with E-state index in [0.717, 1.165) is 25.7 Å². The van der Waals surface area contributed by atoms with Gasteiger partial charge in [0.2, 0.25) is 0 Å². The number of fused-ring (bicyclic) bond motifs is 5. The molecule has 0 aromatic rings. The second-order valence-corrected chi connectivity index (χ2v) is 8.04. The van der Waals surface area contributed by atoms with Gasteiger partial charge in [-0.3, -0.25) is 0 Å². The smallest absolute Gasteiger partial charge is 0.0600 e. The maximum absolute atomic E-state index is 10.5. The zero-order valence-corrected chi connectivity index (χ0v) is 12.7. The number of hydrogen-bond donors (Lipinski definition) is 1. The van der Waals surface area contributed by atoms with Gasteiger partial charge in [-0.1, -0.05) is 26.0 Å². The van der Waals surface area contributed by atoms with E-state index in [4.69, 9.17) is 6.85 Å². The van der Waals surface area contributed by atoms with Crippen LogP contribution in [0.2, 0.25) is 0 Å². The standard InChI is InChI=1S/C19H30O/c1-18-9-3-4-16(18)15-6-5-13-12-14(20)7-11-19(13,2)17(15)8-10-18/h3,9,13-17,20H,4-8,10-12H2,1-2H3/t13?,14-,15-,16-,17-,18-,19-/m0/s1/i7D2,12D2,14D. The van der Waals surface area contributed by atoms with Crippen LogP contribution < -0.4 is 0 Å². The summed E-state index contributed by atoms with van der Waals surface area (Å²) in [5, 5.41) is 10.5. The van der Waals surface area contributed by atoms with Crippen LogP contribution in [0.4, 0.5) is 0 Å². The summed E-state index contributed by atoms with van der Waals surface area (Å²) in [5.74, 6) is 0.910. The highest BCUT2D eigenvalue weighted by atomic mass is 16.3. The fraction of sp³-hybridized carbons (Fsp3) is 0.895. The van der Waals surface area contributed by atoms with Crippen molar-refractivity contribution in [1.29, 1.82) is 0 Å². The molecule has 0 radical (unpaired) electrons. The molecule has 3 saturated carbocycles. The van der Waals surface area contributed by atoms with Crippen molar-refractivity contribution in [3.8, 4) is 0 Å². The fourth-order valence-corrected chi connectivity index (χ4v) is 5.92. The number of hydrogen-bond acceptors (Lipinski definition) is 1. The van der Waals surface area contributed by atoms with Crippen LogP contribution in [0.15, 0.2) is 12.2 Å². The zero-order valence-electron chi connectivity index (χ0n) is 17.7. The average Bonchev–Trinajstić information content (AvgIpc) is 2.87. The van der Waals surface area contributed by atoms with Crippen molar-refractivity contribution < 1.29 is 12.0 Å². The Labute approximate surface area is 130 Å². The first-order chi connectivity index (χ1) is 11.4. The van der Waals surface area contributed by atoms with Crippen molar-refractivity contribution in [1.82, 2.24) is 0 Å². The van der Waals surface area contributed by atoms with Crippen molar-refractivity contribution in [3.05, 3.63) is 12.2 Å². The molecule has 1 N–H and O–H groups in total. The molecule has 1 unspecified atom stereocenters. The topological polar surface area (TPSA) is 20.2 Å². The molecule has 112 valence electrons. The van der Waals surface area contributed by atoms with E-state index in [-0.39, 0.29) is 17.8 Å². The first kappa shape index (κ1) is 8.98. The summed E-state index contributed by atoms with van der Waals surface area (Å²) in [5.41, 5.74) is -0.250. The van der Waals surface area contributed by atoms with E-state index in [9.17, 15) is 5.11 Å². The minimum Gasteiger partial charge on any atom is -0.393 e. The van der Waals surface area contributed by atoms with Gasteiger partial charge >= 0.3 is 0 Å². The van der Waals surface area contributed by atoms with Crippen LogP contribution in [0, 0.1) is 34.5 Å². The summed E-state index contributed by atoms with van der Waals surface area (Å²) >= 11 is 0. The maximum Gasteiger partial charge on any atom is 0.0600 e. The number of rotatable bonds is 0. The molecule has 20 heavy (non-hydrogen) atoms. The molecule has 0 heterocycles. The molecule has 0 aromatic heterocycles. The number of aliphatic hydroxyl groups is 1. The van der Waals surface area contributed by atoms with E-state index < -0.39 is 30.2 Å². The Morgan fingerprint density at radius 1 is 1.20 bits per heavy atom. The molecule has 0 saturated heterocycles. The Hall–Kier alpha value is -0.300. The first-order valence-corrected chi connectivity index (χ1v) is 8.27. The summed E-state index contributed by atoms with van der Waals surface area (Å²) < 4.78 is 41.7. The molecule has 3 fully saturated rings. The molecule has 7 atom stereocenters. The normalized spacial score (nSPS) is 70.2. The maximum atomic E-state index is 10.5. The molecular weight excluding hydrogens is 244 g/mol. The second-order valence-electron chi connectivity index (χ2n) is 8.04. The van der Waals surface area contributed by atoms with Gasteiger partial charge in [-0.15, -0.1) is 0 Å². The van der Waals surface area contributed by atoms with Gasteiger partial charge in [-0.25, -0.2) is 0 Å². The molecule has 4 aliphatic rings. The molecule has 4 rings (SSSR count). The lowest BCUT2D eigenvalue weighted by Crippen LogP contribution is -2.53. The van der Waals surface area contributed by atoms with E-state index in [1.165, 1.54) is 0 Å². The van der Waals surface area contributed by atoms with Crippen molar-refractivity contribution in [2.24, 2.45) is 34.5 Å². The summed E-state index contributed by atoms with van der Waals surface area (Å²) in [6.45, 7) is 4.39. The van der Waals surface area contributed by atoms with Gasteiger partial charge in [0, 0.05) is 5.48 Å². The molecule has 0 bridgehead atoms. The summed E-state index contributed by atoms with van der Waals surface area (Å²) in [4.78, 5) is 0. The van der Waals surface area contributed by atoms with Crippen molar-refractivity contribution in [3.63, 3.8) is 0 Å². The molecule has 0 aromatic carbocycles. The average molecular weight is 279 g/mol. The van der Waals surface area contributed by atoms with Gasteiger partial charge < -0.3 is 5.11 Å². The molecule has 0 aliphatic heterocycles. The lowest BCUT2D eigenvalue weighted by Gasteiger charge is -2.60. The number of allylic oxidation sites excluding steroid dienone is 2. The minimum absolute atomic E-state index is 0.0855. The SMILES string of the molecule is [2H]C1([2H])C[C@@]2(C)C(CC[C@H]3[C@@H]4CC=C[C@@]4(C)CC[C@@H]32)C([2H])([2H])[C@@]1([2H])O. The zero-order chi connectivity index (χ0) is 18.5. The third-order valence-electron chi connectivity index (χ3n) is 7.14. The third kappa shape index (κ3) is 1.71. The van der Waals surface area contributed by atoms with Crippen molar-refractivity contribution in [2.75, 3.05) is 0 Å². The van der Waals surface area contributed by atoms with Gasteiger partial charge in [0.1, 0.15) is 0 Å². The monoisotopic (exact) mass is 279 g/mol. The van der Waals surface area contributed by atoms with Gasteiger partial charge in [0.15, 0.2) is 0 Å². The second kappa shape index (κ2) is 4.35. The molecular formula is C19H30O. The van der Waals surface area contributed by atoms with Crippen LogP contribution in [0.3, 0.4) is 0 Å². The molecule has 0 spiro atoms. The van der Waals surface area contributed by atoms with E-state index in [0.29, 0.717) is 18.3 Å². The summed E-state index contributed by atoms with van der Waals surface area (Å²) in [6, 6.07) is 0. The Balaban J connectivity index is 1.75. The van der Waals surface area contributed by atoms with E-state index in [2.05, 4.69) is 19.1 Å². The lowest BCUT2D eigenvalue weighted by atomic mass is 9.45. The predicted octanol–water partition coefficient (Wildman–Crippen LogP) is 4.56. The van der Waals surface area contributed by atoms with Crippen LogP contribution in [0.1, 0.15) is 72.0 Å². The quantitative estimate of drug-likeness (QED) is 0.645. The Morgan fingerprint density at radius 2 is 2.05 bits per heavy atom. The highest BCUT2D eigenvalue weighted by molar-refractivity contribution is 5.16. The van der Waals surface area contributed by atoms with Crippen molar-refractivity contribution in [2.45, 2.75) is 71.2 Å². The van der Waals surface area contributed by atoms with E-state index in [1.807, 2.05) is 6.92 Å². The van der Waals surface area contributed by atoms with Gasteiger partial charge in [-0.2, -0.15) is 0 Å². The molecule has 4 aliphatic carbocycles. The van der Waals surface area contributed by atoms with Crippen LogP contribution in [0.5, 0.6) is 0 Å². The molecule has 1 nitrogen and oxygen atoms in total. The van der Waals surface area contributed by atoms with E-state index >= 15 is 0 Å². The van der Waals surface area contributed by atoms with Crippen molar-refractivity contribution >= 4 is 0 Å². The van der Waals surface area contributed by atoms with Gasteiger partial charge in [0.25, 0.3) is 0 Å². The van der Waals surface area contributed by atoms with Crippen LogP contribution in [-0.4, -0.2) is 11.2 Å². The van der Waals surface area contributed by atoms with Gasteiger partial charge in [0.05, 0.1) is 7.45 Å². The summed E-state index contributed by atoms with van der Waals surface area (Å²) in [7, 11) is 0. The Kier molecular flexibility index (Phi) is 1.95. The first-order valence-electron chi connectivity index (χ1n) is 10.8. The Bertz CT molecular complexity index is 615. The van der Waals surface area contributed by atoms with Crippen LogP contribution in [-0.2, 0) is 0 Å². The fourth-order valence-electron chi connectivity index (χ4n) is 5.92. The highest BCUT2D eigenvalue weighted by Gasteiger charge is 2.56. The van der Waals surface area contributed by atoms with Gasteiger partial charge in [-0.05, 0) is 85.8 Å². The summed E-state index contributed by atoms with van der Waals surface area (Å²) in [6.07, 6.45) is 2.33. The third-order valence-corrected chi connectivity index (χ3v) is 7.14. The lowest BCUT2D eigenvalue weighted by molar-refractivity contribution is -0.116. The Morgan fingerprint density at radius 3 is 2.90 bits per heavy atom. The molecule has 0 amide bonds. The predicted molar refractivity (Wildman–Crippen MR) is 82.3 cm³/mol. The van der Waals surface area contributed by atoms with Crippen LogP contribution in [0.25, 0.3) is 0 Å². The van der Waals surface area contributed by atoms with Crippen LogP contribution >= 0.6 is 0 Å². The highest BCUT2D eigenvalue weighted by Crippen LogP contribution is 2.64. The largest absolute Gasteiger partial charge is 0.393 e. The molecule has 1 heteroatoms. The van der Waals surface area contributed by atoms with E-state index in [1.54, 1.807) is 0 Å².